The van der Waals surface area contributed by atoms with Crippen molar-refractivity contribution in [1.29, 1.82) is 0 Å². The summed E-state index contributed by atoms with van der Waals surface area (Å²) in [4.78, 5) is 13.0. The van der Waals surface area contributed by atoms with E-state index in [9.17, 15) is 9.18 Å². The molecule has 2 aromatic rings. The fourth-order valence-electron chi connectivity index (χ4n) is 3.53. The van der Waals surface area contributed by atoms with E-state index in [4.69, 9.17) is 9.47 Å². The van der Waals surface area contributed by atoms with Gasteiger partial charge in [0.15, 0.2) is 0 Å². The van der Waals surface area contributed by atoms with E-state index >= 15 is 0 Å². The first-order valence-electron chi connectivity index (χ1n) is 9.51. The summed E-state index contributed by atoms with van der Waals surface area (Å²) in [6, 6.07) is 11.9. The van der Waals surface area contributed by atoms with Crippen LogP contribution in [0, 0.1) is 18.2 Å². The van der Waals surface area contributed by atoms with Crippen LogP contribution in [0.25, 0.3) is 0 Å². The highest BCUT2D eigenvalue weighted by Gasteiger charge is 2.39. The van der Waals surface area contributed by atoms with Crippen molar-refractivity contribution in [3.05, 3.63) is 59.4 Å². The first-order valence-corrected chi connectivity index (χ1v) is 9.51. The molecule has 3 rings (SSSR count). The zero-order valence-corrected chi connectivity index (χ0v) is 17.6. The average molecular weight is 423 g/mol. The lowest BCUT2D eigenvalue weighted by Crippen LogP contribution is -2.47. The van der Waals surface area contributed by atoms with E-state index in [1.165, 1.54) is 12.1 Å². The van der Waals surface area contributed by atoms with E-state index < -0.39 is 5.41 Å². The van der Waals surface area contributed by atoms with Crippen molar-refractivity contribution >= 4 is 24.0 Å². The van der Waals surface area contributed by atoms with Crippen LogP contribution >= 0.6 is 12.4 Å². The number of hydrogen-bond acceptors (Lipinski definition) is 4. The highest BCUT2D eigenvalue weighted by atomic mass is 35.5. The molecule has 29 heavy (non-hydrogen) atoms. The molecule has 5 nitrogen and oxygen atoms in total. The molecule has 1 fully saturated rings. The lowest BCUT2D eigenvalue weighted by atomic mass is 9.78. The topological polar surface area (TPSA) is 59.6 Å². The lowest BCUT2D eigenvalue weighted by Gasteiger charge is -2.35. The molecule has 2 aromatic carbocycles. The Morgan fingerprint density at radius 1 is 1.21 bits per heavy atom. The molecule has 1 aliphatic heterocycles. The van der Waals surface area contributed by atoms with Crippen molar-refractivity contribution in [3.8, 4) is 5.75 Å². The summed E-state index contributed by atoms with van der Waals surface area (Å²) in [6.07, 6.45) is 1.50. The molecule has 0 aromatic heterocycles. The van der Waals surface area contributed by atoms with E-state index in [0.717, 1.165) is 42.7 Å². The van der Waals surface area contributed by atoms with Gasteiger partial charge in [-0.1, -0.05) is 12.1 Å². The van der Waals surface area contributed by atoms with Gasteiger partial charge in [0.25, 0.3) is 0 Å². The third-order valence-electron chi connectivity index (χ3n) is 5.20. The Morgan fingerprint density at radius 3 is 2.62 bits per heavy atom. The van der Waals surface area contributed by atoms with Crippen LogP contribution in [0.15, 0.2) is 42.5 Å². The van der Waals surface area contributed by atoms with E-state index in [2.05, 4.69) is 10.6 Å². The summed E-state index contributed by atoms with van der Waals surface area (Å²) in [5.41, 5.74) is 1.94. The predicted molar refractivity (Wildman–Crippen MR) is 114 cm³/mol. The van der Waals surface area contributed by atoms with Crippen LogP contribution in [0.5, 0.6) is 5.75 Å². The maximum absolute atomic E-state index is 13.3. The standard InChI is InChI=1S/C22H27FN2O3.ClH/c1-16-12-19(28-14-17-4-3-5-18(23)13-17)6-7-20(16)25-21(26)22(15-27-2)8-10-24-11-9-22;/h3-7,12-13,24H,8-11,14-15H2,1-2H3,(H,25,26);1H. The molecule has 1 saturated heterocycles. The summed E-state index contributed by atoms with van der Waals surface area (Å²) in [5, 5.41) is 6.35. The van der Waals surface area contributed by atoms with Gasteiger partial charge in [-0.2, -0.15) is 0 Å². The van der Waals surface area contributed by atoms with Gasteiger partial charge < -0.3 is 20.1 Å². The molecule has 0 bridgehead atoms. The van der Waals surface area contributed by atoms with Crippen LogP contribution in [0.1, 0.15) is 24.0 Å². The fraction of sp³-hybridized carbons (Fsp3) is 0.409. The number of rotatable bonds is 7. The van der Waals surface area contributed by atoms with E-state index in [1.807, 2.05) is 31.2 Å². The van der Waals surface area contributed by atoms with Crippen LogP contribution in [-0.4, -0.2) is 32.7 Å². The van der Waals surface area contributed by atoms with Crippen molar-refractivity contribution in [2.75, 3.05) is 32.1 Å². The number of carbonyl (C=O) groups excluding carboxylic acids is 1. The van der Waals surface area contributed by atoms with E-state index in [-0.39, 0.29) is 30.7 Å². The smallest absolute Gasteiger partial charge is 0.233 e. The summed E-state index contributed by atoms with van der Waals surface area (Å²) in [6.45, 7) is 4.24. The van der Waals surface area contributed by atoms with E-state index in [0.29, 0.717) is 12.4 Å². The number of hydrogen-bond donors (Lipinski definition) is 2. The third-order valence-corrected chi connectivity index (χ3v) is 5.20. The van der Waals surface area contributed by atoms with Crippen LogP contribution in [0.4, 0.5) is 10.1 Å². The van der Waals surface area contributed by atoms with Gasteiger partial charge in [0.05, 0.1) is 12.0 Å². The molecule has 0 radical (unpaired) electrons. The van der Waals surface area contributed by atoms with Crippen LogP contribution < -0.4 is 15.4 Å². The van der Waals surface area contributed by atoms with Gasteiger partial charge in [-0.25, -0.2) is 4.39 Å². The van der Waals surface area contributed by atoms with Gasteiger partial charge in [0.1, 0.15) is 18.2 Å². The number of piperidine rings is 1. The van der Waals surface area contributed by atoms with Gasteiger partial charge in [-0.3, -0.25) is 4.79 Å². The number of aryl methyl sites for hydroxylation is 1. The molecule has 158 valence electrons. The van der Waals surface area contributed by atoms with Crippen LogP contribution in [0.3, 0.4) is 0 Å². The largest absolute Gasteiger partial charge is 0.489 e. The maximum Gasteiger partial charge on any atom is 0.233 e. The van der Waals surface area contributed by atoms with Crippen LogP contribution in [0.2, 0.25) is 0 Å². The van der Waals surface area contributed by atoms with Crippen molar-refractivity contribution in [1.82, 2.24) is 5.32 Å². The van der Waals surface area contributed by atoms with Gasteiger partial charge in [-0.05, 0) is 74.3 Å². The maximum atomic E-state index is 13.3. The second-order valence-corrected chi connectivity index (χ2v) is 7.31. The average Bonchev–Trinajstić information content (AvgIpc) is 2.69. The molecule has 7 heteroatoms. The summed E-state index contributed by atoms with van der Waals surface area (Å²) < 4.78 is 24.4. The van der Waals surface area contributed by atoms with Crippen molar-refractivity contribution in [3.63, 3.8) is 0 Å². The molecule has 0 saturated carbocycles. The Balaban J connectivity index is 0.00000300. The van der Waals surface area contributed by atoms with Gasteiger partial charge in [-0.15, -0.1) is 12.4 Å². The molecular formula is C22H28ClFN2O3. The van der Waals surface area contributed by atoms with Gasteiger partial charge in [0, 0.05) is 12.8 Å². The molecular weight excluding hydrogens is 395 g/mol. The molecule has 2 N–H and O–H groups in total. The zero-order valence-electron chi connectivity index (χ0n) is 16.8. The summed E-state index contributed by atoms with van der Waals surface area (Å²) in [5.74, 6) is 0.388. The van der Waals surface area contributed by atoms with Crippen LogP contribution in [-0.2, 0) is 16.1 Å². The number of benzene rings is 2. The Hall–Kier alpha value is -2.15. The minimum absolute atomic E-state index is 0. The SMILES string of the molecule is COCC1(C(=O)Nc2ccc(OCc3cccc(F)c3)cc2C)CCNCC1.Cl. The second kappa shape index (κ2) is 10.6. The minimum Gasteiger partial charge on any atom is -0.489 e. The third kappa shape index (κ3) is 5.92. The molecule has 0 unspecified atom stereocenters. The number of nitrogens with one attached hydrogen (secondary N) is 2. The number of carbonyl (C=O) groups is 1. The zero-order chi connectivity index (χ0) is 20.0. The molecule has 1 heterocycles. The summed E-state index contributed by atoms with van der Waals surface area (Å²) in [7, 11) is 1.63. The predicted octanol–water partition coefficient (Wildman–Crippen LogP) is 4.09. The number of methoxy groups -OCH3 is 1. The van der Waals surface area contributed by atoms with Gasteiger partial charge >= 0.3 is 0 Å². The summed E-state index contributed by atoms with van der Waals surface area (Å²) >= 11 is 0. The molecule has 1 aliphatic rings. The number of halogens is 2. The minimum atomic E-state index is -0.501. The van der Waals surface area contributed by atoms with Gasteiger partial charge in [0.2, 0.25) is 5.91 Å². The highest BCUT2D eigenvalue weighted by Crippen LogP contribution is 2.32. The monoisotopic (exact) mass is 422 g/mol. The Kier molecular flexibility index (Phi) is 8.44. The van der Waals surface area contributed by atoms with Crippen molar-refractivity contribution < 1.29 is 18.7 Å². The Labute approximate surface area is 177 Å². The number of amides is 1. The first kappa shape index (κ1) is 23.1. The normalized spacial score (nSPS) is 15.3. The molecule has 0 aliphatic carbocycles. The quantitative estimate of drug-likeness (QED) is 0.705. The molecule has 0 spiro atoms. The van der Waals surface area contributed by atoms with Crippen molar-refractivity contribution in [2.24, 2.45) is 5.41 Å². The van der Waals surface area contributed by atoms with Crippen molar-refractivity contribution in [2.45, 2.75) is 26.4 Å². The second-order valence-electron chi connectivity index (χ2n) is 7.31. The first-order chi connectivity index (χ1) is 13.5. The lowest BCUT2D eigenvalue weighted by molar-refractivity contribution is -0.130. The number of anilines is 1. The number of ether oxygens (including phenoxy) is 2. The molecule has 0 atom stereocenters. The Bertz CT molecular complexity index is 820. The van der Waals surface area contributed by atoms with E-state index in [1.54, 1.807) is 13.2 Å². The molecule has 1 amide bonds. The highest BCUT2D eigenvalue weighted by molar-refractivity contribution is 5.96. The fourth-order valence-corrected chi connectivity index (χ4v) is 3.53. The Morgan fingerprint density at radius 2 is 1.97 bits per heavy atom.